The van der Waals surface area contributed by atoms with Gasteiger partial charge in [0.05, 0.1) is 5.54 Å². The normalized spacial score (nSPS) is 13.4. The zero-order valence-corrected chi connectivity index (χ0v) is 11.2. The van der Waals surface area contributed by atoms with Crippen molar-refractivity contribution in [3.05, 3.63) is 0 Å². The largest absolute Gasteiger partial charge is 0.490 e. The molecule has 0 aromatic rings. The lowest BCUT2D eigenvalue weighted by Crippen LogP contribution is -2.52. The van der Waals surface area contributed by atoms with Crippen LogP contribution in [0.15, 0.2) is 0 Å². The predicted octanol–water partition coefficient (Wildman–Crippen LogP) is -0.747. The fraction of sp³-hybridized carbons (Fsp3) is 0.875. The Hall–Kier alpha value is -0.910. The summed E-state index contributed by atoms with van der Waals surface area (Å²) in [4.78, 5) is 10.5. The Morgan fingerprint density at radius 1 is 1.32 bits per heavy atom. The summed E-state index contributed by atoms with van der Waals surface area (Å²) < 4.78 is 66.5. The summed E-state index contributed by atoms with van der Waals surface area (Å²) in [5.74, 6) is -2.38. The Morgan fingerprint density at radius 3 is 2.26 bits per heavy atom. The number of nitrogens with one attached hydrogen (secondary N) is 2. The number of halogens is 3. The highest BCUT2D eigenvalue weighted by Gasteiger charge is 2.42. The number of alkyl halides is 3. The summed E-state index contributed by atoms with van der Waals surface area (Å²) in [6.45, 7) is 1.78. The van der Waals surface area contributed by atoms with Gasteiger partial charge in [0.1, 0.15) is 6.61 Å². The van der Waals surface area contributed by atoms with Crippen molar-refractivity contribution in [2.75, 3.05) is 19.7 Å². The predicted molar refractivity (Wildman–Crippen MR) is 60.2 cm³/mol. The minimum Gasteiger partial charge on any atom is -0.457 e. The lowest BCUT2D eigenvalue weighted by molar-refractivity contribution is -0.201. The van der Waals surface area contributed by atoms with Gasteiger partial charge in [-0.2, -0.15) is 26.3 Å². The van der Waals surface area contributed by atoms with Crippen molar-refractivity contribution in [1.82, 2.24) is 9.44 Å². The highest BCUT2D eigenvalue weighted by atomic mass is 32.2. The molecule has 0 aliphatic rings. The second-order valence-corrected chi connectivity index (χ2v) is 5.75. The molecule has 0 spiro atoms. The molecular weight excluding hydrogens is 291 g/mol. The van der Waals surface area contributed by atoms with E-state index >= 15 is 0 Å². The summed E-state index contributed by atoms with van der Waals surface area (Å²) in [6.07, 6.45) is -5.12. The summed E-state index contributed by atoms with van der Waals surface area (Å²) in [7, 11) is -3.94. The highest BCUT2D eigenvalue weighted by molar-refractivity contribution is 7.87. The van der Waals surface area contributed by atoms with Crippen LogP contribution in [0.4, 0.5) is 13.2 Å². The third-order valence-electron chi connectivity index (χ3n) is 1.64. The van der Waals surface area contributed by atoms with Crippen LogP contribution in [0.2, 0.25) is 0 Å². The van der Waals surface area contributed by atoms with Crippen LogP contribution in [0.25, 0.3) is 0 Å². The lowest BCUT2D eigenvalue weighted by Gasteiger charge is -2.25. The van der Waals surface area contributed by atoms with Crippen LogP contribution in [0.3, 0.4) is 0 Å². The molecule has 114 valence electrons. The van der Waals surface area contributed by atoms with E-state index < -0.39 is 34.5 Å². The van der Waals surface area contributed by atoms with Gasteiger partial charge in [-0.3, -0.25) is 0 Å². The number of nitrogens with two attached hydrogens (primary N) is 1. The molecular formula is C8H16F3N3O4S. The average molecular weight is 307 g/mol. The fourth-order valence-corrected chi connectivity index (χ4v) is 2.20. The Kier molecular flexibility index (Phi) is 6.19. The van der Waals surface area contributed by atoms with Crippen molar-refractivity contribution in [2.24, 2.45) is 5.73 Å². The summed E-state index contributed by atoms with van der Waals surface area (Å²) >= 11 is 0. The SMILES string of the molecule is CC(C)(COC(=O)C(F)(F)F)NS(=O)(=O)NCCN. The Bertz CT molecular complexity index is 408. The van der Waals surface area contributed by atoms with Crippen molar-refractivity contribution in [3.8, 4) is 0 Å². The standard InChI is InChI=1S/C8H16F3N3O4S/c1-7(2,5-18-6(15)8(9,10)11)14-19(16,17)13-4-3-12/h13-14H,3-5,12H2,1-2H3. The number of esters is 1. The molecule has 0 rings (SSSR count). The number of hydrogen-bond donors (Lipinski definition) is 3. The molecule has 0 saturated heterocycles. The average Bonchev–Trinajstić information content (AvgIpc) is 2.20. The fourth-order valence-electron chi connectivity index (χ4n) is 0.950. The topological polar surface area (TPSA) is 111 Å². The minimum atomic E-state index is -5.12. The number of rotatable bonds is 7. The van der Waals surface area contributed by atoms with Crippen molar-refractivity contribution in [3.63, 3.8) is 0 Å². The molecule has 0 saturated carbocycles. The number of carbonyl (C=O) groups is 1. The first-order valence-corrected chi connectivity index (χ1v) is 6.60. The van der Waals surface area contributed by atoms with E-state index in [1.807, 2.05) is 4.72 Å². The lowest BCUT2D eigenvalue weighted by atomic mass is 10.1. The molecule has 7 nitrogen and oxygen atoms in total. The number of carbonyl (C=O) groups excluding carboxylic acids is 1. The number of ether oxygens (including phenoxy) is 1. The quantitative estimate of drug-likeness (QED) is 0.536. The van der Waals surface area contributed by atoms with E-state index in [4.69, 9.17) is 5.73 Å². The van der Waals surface area contributed by atoms with Crippen LogP contribution in [0, 0.1) is 0 Å². The molecule has 0 radical (unpaired) electrons. The third-order valence-corrected chi connectivity index (χ3v) is 3.05. The molecule has 0 heterocycles. The molecule has 0 unspecified atom stereocenters. The van der Waals surface area contributed by atoms with Crippen LogP contribution in [-0.4, -0.2) is 45.8 Å². The van der Waals surface area contributed by atoms with E-state index in [9.17, 15) is 26.4 Å². The first-order valence-electron chi connectivity index (χ1n) is 5.12. The molecule has 0 aliphatic carbocycles. The minimum absolute atomic E-state index is 0.0340. The maximum Gasteiger partial charge on any atom is 0.490 e. The van der Waals surface area contributed by atoms with E-state index in [1.165, 1.54) is 13.8 Å². The molecule has 0 fully saturated rings. The highest BCUT2D eigenvalue weighted by Crippen LogP contribution is 2.17. The van der Waals surface area contributed by atoms with Crippen LogP contribution in [0.1, 0.15) is 13.8 Å². The van der Waals surface area contributed by atoms with Crippen molar-refractivity contribution >= 4 is 16.2 Å². The van der Waals surface area contributed by atoms with Gasteiger partial charge < -0.3 is 10.5 Å². The molecule has 0 amide bonds. The van der Waals surface area contributed by atoms with Crippen molar-refractivity contribution < 1.29 is 31.1 Å². The molecule has 11 heteroatoms. The zero-order valence-electron chi connectivity index (χ0n) is 10.4. The maximum atomic E-state index is 11.9. The van der Waals surface area contributed by atoms with Crippen LogP contribution in [0.5, 0.6) is 0 Å². The van der Waals surface area contributed by atoms with E-state index in [0.717, 1.165) is 0 Å². The summed E-state index contributed by atoms with van der Waals surface area (Å²) in [5.41, 5.74) is 3.70. The summed E-state index contributed by atoms with van der Waals surface area (Å²) in [6, 6.07) is 0. The smallest absolute Gasteiger partial charge is 0.457 e. The van der Waals surface area contributed by atoms with Gasteiger partial charge in [-0.25, -0.2) is 9.52 Å². The Labute approximate surface area is 108 Å². The van der Waals surface area contributed by atoms with E-state index in [0.29, 0.717) is 0 Å². The van der Waals surface area contributed by atoms with Crippen LogP contribution < -0.4 is 15.2 Å². The molecule has 4 N–H and O–H groups in total. The van der Waals surface area contributed by atoms with Gasteiger partial charge in [0.2, 0.25) is 0 Å². The van der Waals surface area contributed by atoms with Gasteiger partial charge >= 0.3 is 12.1 Å². The van der Waals surface area contributed by atoms with Crippen LogP contribution in [-0.2, 0) is 19.7 Å². The first-order chi connectivity index (χ1) is 8.40. The van der Waals surface area contributed by atoms with Gasteiger partial charge in [-0.05, 0) is 13.8 Å². The molecule has 0 aliphatic heterocycles. The van der Waals surface area contributed by atoms with Gasteiger partial charge in [0.25, 0.3) is 10.2 Å². The van der Waals surface area contributed by atoms with Crippen molar-refractivity contribution in [2.45, 2.75) is 25.6 Å². The number of hydrogen-bond acceptors (Lipinski definition) is 5. The van der Waals surface area contributed by atoms with Gasteiger partial charge in [-0.15, -0.1) is 0 Å². The monoisotopic (exact) mass is 307 g/mol. The third kappa shape index (κ3) is 7.97. The Morgan fingerprint density at radius 2 is 1.84 bits per heavy atom. The van der Waals surface area contributed by atoms with Gasteiger partial charge in [0.15, 0.2) is 0 Å². The zero-order chi connectivity index (χ0) is 15.3. The van der Waals surface area contributed by atoms with Crippen molar-refractivity contribution in [1.29, 1.82) is 0 Å². The van der Waals surface area contributed by atoms with E-state index in [1.54, 1.807) is 0 Å². The molecule has 19 heavy (non-hydrogen) atoms. The van der Waals surface area contributed by atoms with Crippen LogP contribution >= 0.6 is 0 Å². The van der Waals surface area contributed by atoms with E-state index in [2.05, 4.69) is 9.46 Å². The molecule has 0 atom stereocenters. The molecule has 0 aromatic heterocycles. The molecule has 0 bridgehead atoms. The first kappa shape index (κ1) is 18.1. The second-order valence-electron chi connectivity index (χ2n) is 4.25. The Balaban J connectivity index is 4.45. The summed E-state index contributed by atoms with van der Waals surface area (Å²) in [5, 5.41) is 0. The maximum absolute atomic E-state index is 11.9. The second kappa shape index (κ2) is 6.50. The molecule has 0 aromatic carbocycles. The van der Waals surface area contributed by atoms with Gasteiger partial charge in [-0.1, -0.05) is 0 Å². The van der Waals surface area contributed by atoms with Gasteiger partial charge in [0, 0.05) is 13.1 Å². The van der Waals surface area contributed by atoms with E-state index in [-0.39, 0.29) is 13.1 Å².